The summed E-state index contributed by atoms with van der Waals surface area (Å²) >= 11 is 5.91. The van der Waals surface area contributed by atoms with Crippen molar-refractivity contribution >= 4 is 17.5 Å². The Morgan fingerprint density at radius 2 is 2.22 bits per heavy atom. The molecule has 5 nitrogen and oxygen atoms in total. The number of rotatable bonds is 4. The van der Waals surface area contributed by atoms with Gasteiger partial charge in [-0.1, -0.05) is 17.7 Å². The van der Waals surface area contributed by atoms with Crippen molar-refractivity contribution in [3.05, 3.63) is 29.1 Å². The van der Waals surface area contributed by atoms with E-state index in [0.29, 0.717) is 11.1 Å². The molecule has 6 heteroatoms. The van der Waals surface area contributed by atoms with E-state index < -0.39 is 0 Å². The lowest BCUT2D eigenvalue weighted by Gasteiger charge is -2.39. The number of amides is 1. The highest BCUT2D eigenvalue weighted by molar-refractivity contribution is 6.30. The number of likely N-dealkylation sites (tertiary alicyclic amines) is 1. The van der Waals surface area contributed by atoms with Crippen molar-refractivity contribution in [3.8, 4) is 0 Å². The number of halogens is 1. The maximum atomic E-state index is 11.9. The summed E-state index contributed by atoms with van der Waals surface area (Å²) in [5.41, 5.74) is 1.42. The molecule has 3 rings (SSSR count). The normalized spacial score (nSPS) is 23.0. The molecule has 0 unspecified atom stereocenters. The van der Waals surface area contributed by atoms with E-state index >= 15 is 0 Å². The van der Waals surface area contributed by atoms with Crippen LogP contribution in [-0.4, -0.2) is 57.7 Å². The molecule has 0 saturated carbocycles. The van der Waals surface area contributed by atoms with Gasteiger partial charge in [-0.2, -0.15) is 5.10 Å². The second kappa shape index (κ2) is 7.49. The number of hydrogen-bond donors (Lipinski definition) is 0. The average Bonchev–Trinajstić information content (AvgIpc) is 2.99. The minimum absolute atomic E-state index is 0.207. The smallest absolute Gasteiger partial charge is 0.219 e. The summed E-state index contributed by atoms with van der Waals surface area (Å²) in [4.78, 5) is 16.4. The quantitative estimate of drug-likeness (QED) is 0.793. The van der Waals surface area contributed by atoms with Gasteiger partial charge in [-0.25, -0.2) is 0 Å². The SMILES string of the molecule is CC(=O)N1CCCC[C@@H]1C1=CCCN(CCn2cc(Cl)cn2)C1. The molecule has 0 radical (unpaired) electrons. The van der Waals surface area contributed by atoms with Crippen molar-refractivity contribution in [1.29, 1.82) is 0 Å². The maximum Gasteiger partial charge on any atom is 0.219 e. The van der Waals surface area contributed by atoms with Crippen molar-refractivity contribution in [3.63, 3.8) is 0 Å². The van der Waals surface area contributed by atoms with Crippen molar-refractivity contribution in [2.75, 3.05) is 26.2 Å². The molecule has 1 fully saturated rings. The molecule has 23 heavy (non-hydrogen) atoms. The van der Waals surface area contributed by atoms with Crippen LogP contribution in [0, 0.1) is 0 Å². The zero-order valence-electron chi connectivity index (χ0n) is 13.7. The third-order valence-corrected chi connectivity index (χ3v) is 5.04. The van der Waals surface area contributed by atoms with Crippen molar-refractivity contribution in [2.24, 2.45) is 0 Å². The van der Waals surface area contributed by atoms with Gasteiger partial charge in [0.1, 0.15) is 0 Å². The number of carbonyl (C=O) groups excluding carboxylic acids is 1. The van der Waals surface area contributed by atoms with Crippen LogP contribution in [0.2, 0.25) is 5.02 Å². The van der Waals surface area contributed by atoms with Gasteiger partial charge >= 0.3 is 0 Å². The Hall–Kier alpha value is -1.33. The highest BCUT2D eigenvalue weighted by Crippen LogP contribution is 2.26. The van der Waals surface area contributed by atoms with Gasteiger partial charge in [0.25, 0.3) is 0 Å². The number of carbonyl (C=O) groups is 1. The van der Waals surface area contributed by atoms with E-state index in [1.807, 2.05) is 10.9 Å². The fourth-order valence-electron chi connectivity index (χ4n) is 3.67. The molecular weight excluding hydrogens is 312 g/mol. The Balaban J connectivity index is 1.58. The van der Waals surface area contributed by atoms with Gasteiger partial charge in [0, 0.05) is 39.3 Å². The summed E-state index contributed by atoms with van der Waals surface area (Å²) in [6.07, 6.45) is 10.4. The second-order valence-corrected chi connectivity index (χ2v) is 6.93. The van der Waals surface area contributed by atoms with E-state index in [9.17, 15) is 4.79 Å². The molecule has 1 amide bonds. The molecule has 3 heterocycles. The maximum absolute atomic E-state index is 11.9. The standard InChI is InChI=1S/C17H25ClN4O/c1-14(23)22-8-3-2-6-17(22)15-5-4-7-20(12-15)9-10-21-13-16(18)11-19-21/h5,11,13,17H,2-4,6-10,12H2,1H3/t17-/m1/s1. The predicted octanol–water partition coefficient (Wildman–Crippen LogP) is 2.57. The van der Waals surface area contributed by atoms with Crippen LogP contribution in [0.1, 0.15) is 32.6 Å². The molecule has 2 aliphatic heterocycles. The summed E-state index contributed by atoms with van der Waals surface area (Å²) in [5.74, 6) is 0.207. The number of hydrogen-bond acceptors (Lipinski definition) is 3. The molecule has 0 bridgehead atoms. The lowest BCUT2D eigenvalue weighted by molar-refractivity contribution is -0.131. The van der Waals surface area contributed by atoms with Gasteiger partial charge < -0.3 is 4.90 Å². The minimum Gasteiger partial charge on any atom is -0.336 e. The number of piperidine rings is 1. The van der Waals surface area contributed by atoms with Gasteiger partial charge in [-0.15, -0.1) is 0 Å². The molecule has 126 valence electrons. The van der Waals surface area contributed by atoms with Crippen LogP contribution in [0.15, 0.2) is 24.0 Å². The Labute approximate surface area is 142 Å². The molecule has 0 N–H and O–H groups in total. The first-order valence-corrected chi connectivity index (χ1v) is 8.88. The molecule has 2 aliphatic rings. The summed E-state index contributed by atoms with van der Waals surface area (Å²) in [6.45, 7) is 6.45. The summed E-state index contributed by atoms with van der Waals surface area (Å²) in [7, 11) is 0. The van der Waals surface area contributed by atoms with Gasteiger partial charge in [-0.3, -0.25) is 14.4 Å². The van der Waals surface area contributed by atoms with E-state index in [1.54, 1.807) is 13.1 Å². The molecule has 1 saturated heterocycles. The largest absolute Gasteiger partial charge is 0.336 e. The van der Waals surface area contributed by atoms with E-state index in [4.69, 9.17) is 11.6 Å². The van der Waals surface area contributed by atoms with E-state index in [-0.39, 0.29) is 5.91 Å². The first kappa shape index (κ1) is 16.5. The zero-order chi connectivity index (χ0) is 16.2. The van der Waals surface area contributed by atoms with Crippen molar-refractivity contribution in [1.82, 2.24) is 19.6 Å². The third kappa shape index (κ3) is 4.15. The molecular formula is C17H25ClN4O. The van der Waals surface area contributed by atoms with Crippen LogP contribution in [0.25, 0.3) is 0 Å². The van der Waals surface area contributed by atoms with Crippen LogP contribution in [0.5, 0.6) is 0 Å². The Morgan fingerprint density at radius 3 is 2.96 bits per heavy atom. The topological polar surface area (TPSA) is 41.4 Å². The Bertz CT molecular complexity index is 583. The van der Waals surface area contributed by atoms with Crippen LogP contribution >= 0.6 is 11.6 Å². The minimum atomic E-state index is 0.207. The van der Waals surface area contributed by atoms with Crippen molar-refractivity contribution in [2.45, 2.75) is 45.2 Å². The highest BCUT2D eigenvalue weighted by atomic mass is 35.5. The van der Waals surface area contributed by atoms with Crippen molar-refractivity contribution < 1.29 is 4.79 Å². The average molecular weight is 337 g/mol. The molecule has 1 aromatic rings. The third-order valence-electron chi connectivity index (χ3n) is 4.84. The first-order chi connectivity index (χ1) is 11.1. The lowest BCUT2D eigenvalue weighted by Crippen LogP contribution is -2.47. The molecule has 1 aromatic heterocycles. The van der Waals surface area contributed by atoms with E-state index in [0.717, 1.165) is 52.0 Å². The zero-order valence-corrected chi connectivity index (χ0v) is 14.5. The summed E-state index contributed by atoms with van der Waals surface area (Å²) in [6, 6.07) is 0.309. The van der Waals surface area contributed by atoms with Gasteiger partial charge in [0.15, 0.2) is 0 Å². The monoisotopic (exact) mass is 336 g/mol. The molecule has 0 spiro atoms. The number of nitrogens with zero attached hydrogens (tertiary/aromatic N) is 4. The Morgan fingerprint density at radius 1 is 1.35 bits per heavy atom. The van der Waals surface area contributed by atoms with Crippen LogP contribution in [0.3, 0.4) is 0 Å². The Kier molecular flexibility index (Phi) is 5.38. The van der Waals surface area contributed by atoms with Gasteiger partial charge in [0.2, 0.25) is 5.91 Å². The summed E-state index contributed by atoms with van der Waals surface area (Å²) < 4.78 is 1.89. The fourth-order valence-corrected chi connectivity index (χ4v) is 3.82. The van der Waals surface area contributed by atoms with E-state index in [1.165, 1.54) is 12.0 Å². The predicted molar refractivity (Wildman–Crippen MR) is 91.4 cm³/mol. The van der Waals surface area contributed by atoms with E-state index in [2.05, 4.69) is 21.0 Å². The lowest BCUT2D eigenvalue weighted by atomic mass is 9.92. The molecule has 1 atom stereocenters. The van der Waals surface area contributed by atoms with Gasteiger partial charge in [-0.05, 0) is 31.3 Å². The second-order valence-electron chi connectivity index (χ2n) is 6.49. The molecule has 0 aromatic carbocycles. The highest BCUT2D eigenvalue weighted by Gasteiger charge is 2.29. The fraction of sp³-hybridized carbons (Fsp3) is 0.647. The van der Waals surface area contributed by atoms with Crippen LogP contribution in [0.4, 0.5) is 0 Å². The summed E-state index contributed by atoms with van der Waals surface area (Å²) in [5, 5.41) is 4.92. The van der Waals surface area contributed by atoms with Crippen LogP contribution in [-0.2, 0) is 11.3 Å². The van der Waals surface area contributed by atoms with Gasteiger partial charge in [0.05, 0.1) is 23.8 Å². The molecule has 0 aliphatic carbocycles. The first-order valence-electron chi connectivity index (χ1n) is 8.50. The van der Waals surface area contributed by atoms with Crippen LogP contribution < -0.4 is 0 Å². The number of aromatic nitrogens is 2.